The molecule has 1 aliphatic heterocycles. The van der Waals surface area contributed by atoms with E-state index in [0.717, 1.165) is 19.6 Å². The summed E-state index contributed by atoms with van der Waals surface area (Å²) in [4.78, 5) is 6.37. The van der Waals surface area contributed by atoms with Crippen molar-refractivity contribution in [2.75, 3.05) is 19.7 Å². The fourth-order valence-electron chi connectivity index (χ4n) is 2.21. The Balaban J connectivity index is 2.05. The highest BCUT2D eigenvalue weighted by molar-refractivity contribution is 5.10. The molecule has 1 aliphatic rings. The topological polar surface area (TPSA) is 48.4 Å². The molecule has 0 radical (unpaired) electrons. The summed E-state index contributed by atoms with van der Waals surface area (Å²) in [5.74, 6) is 0. The van der Waals surface area contributed by atoms with Crippen LogP contribution in [0.2, 0.25) is 0 Å². The van der Waals surface area contributed by atoms with Crippen LogP contribution in [-0.2, 0) is 6.54 Å². The second-order valence-corrected chi connectivity index (χ2v) is 4.37. The monoisotopic (exact) mass is 221 g/mol. The van der Waals surface area contributed by atoms with Gasteiger partial charge in [0.25, 0.3) is 0 Å². The third-order valence-corrected chi connectivity index (χ3v) is 3.18. The van der Waals surface area contributed by atoms with E-state index in [-0.39, 0.29) is 12.6 Å². The predicted octanol–water partition coefficient (Wildman–Crippen LogP) is 0.236. The second kappa shape index (κ2) is 5.39. The maximum absolute atomic E-state index is 9.36. The quantitative estimate of drug-likeness (QED) is 0.767. The lowest BCUT2D eigenvalue weighted by atomic mass is 10.1. The van der Waals surface area contributed by atoms with Crippen LogP contribution in [0.15, 0.2) is 24.5 Å². The average molecular weight is 221 g/mol. The Hall–Kier alpha value is -0.970. The highest BCUT2D eigenvalue weighted by Gasteiger charge is 2.26. The Morgan fingerprint density at radius 3 is 2.88 bits per heavy atom. The second-order valence-electron chi connectivity index (χ2n) is 4.37. The van der Waals surface area contributed by atoms with Crippen molar-refractivity contribution in [1.82, 2.24) is 15.2 Å². The smallest absolute Gasteiger partial charge is 0.0599 e. The van der Waals surface area contributed by atoms with E-state index >= 15 is 0 Å². The first kappa shape index (κ1) is 11.5. The molecule has 88 valence electrons. The summed E-state index contributed by atoms with van der Waals surface area (Å²) in [6.45, 7) is 5.14. The third kappa shape index (κ3) is 2.58. The van der Waals surface area contributed by atoms with Gasteiger partial charge in [-0.2, -0.15) is 0 Å². The molecule has 1 saturated heterocycles. The van der Waals surface area contributed by atoms with Gasteiger partial charge in [0.2, 0.25) is 0 Å². The molecule has 4 nitrogen and oxygen atoms in total. The van der Waals surface area contributed by atoms with Crippen molar-refractivity contribution in [3.05, 3.63) is 30.1 Å². The Morgan fingerprint density at radius 2 is 2.19 bits per heavy atom. The summed E-state index contributed by atoms with van der Waals surface area (Å²) < 4.78 is 0. The van der Waals surface area contributed by atoms with E-state index in [0.29, 0.717) is 6.04 Å². The van der Waals surface area contributed by atoms with Crippen molar-refractivity contribution in [3.63, 3.8) is 0 Å². The SMILES string of the molecule is CC1CNCC(CO)N1Cc1ccncc1. The number of piperazine rings is 1. The first-order valence-corrected chi connectivity index (χ1v) is 5.77. The molecule has 4 heteroatoms. The van der Waals surface area contributed by atoms with Crippen molar-refractivity contribution in [2.24, 2.45) is 0 Å². The van der Waals surface area contributed by atoms with Gasteiger partial charge in [0.1, 0.15) is 0 Å². The van der Waals surface area contributed by atoms with Crippen LogP contribution in [-0.4, -0.2) is 46.8 Å². The van der Waals surface area contributed by atoms with Gasteiger partial charge in [0, 0.05) is 44.1 Å². The molecule has 2 rings (SSSR count). The molecule has 2 heterocycles. The van der Waals surface area contributed by atoms with E-state index < -0.39 is 0 Å². The Morgan fingerprint density at radius 1 is 1.44 bits per heavy atom. The van der Waals surface area contributed by atoms with Crippen LogP contribution in [0, 0.1) is 0 Å². The Bertz CT molecular complexity index is 317. The number of nitrogens with zero attached hydrogens (tertiary/aromatic N) is 2. The standard InChI is InChI=1S/C12H19N3O/c1-10-6-14-7-12(9-16)15(10)8-11-2-4-13-5-3-11/h2-5,10,12,14,16H,6-9H2,1H3. The van der Waals surface area contributed by atoms with E-state index in [4.69, 9.17) is 0 Å². The molecule has 2 atom stereocenters. The number of pyridine rings is 1. The minimum Gasteiger partial charge on any atom is -0.395 e. The molecule has 0 aliphatic carbocycles. The number of aliphatic hydroxyl groups excluding tert-OH is 1. The minimum atomic E-state index is 0.211. The summed E-state index contributed by atoms with van der Waals surface area (Å²) in [6.07, 6.45) is 3.63. The summed E-state index contributed by atoms with van der Waals surface area (Å²) in [6, 6.07) is 4.74. The predicted molar refractivity (Wildman–Crippen MR) is 63.0 cm³/mol. The van der Waals surface area contributed by atoms with Crippen molar-refractivity contribution in [3.8, 4) is 0 Å². The first-order valence-electron chi connectivity index (χ1n) is 5.77. The van der Waals surface area contributed by atoms with E-state index in [1.165, 1.54) is 5.56 Å². The fourth-order valence-corrected chi connectivity index (χ4v) is 2.21. The number of aliphatic hydroxyl groups is 1. The molecule has 2 unspecified atom stereocenters. The lowest BCUT2D eigenvalue weighted by molar-refractivity contribution is 0.0565. The third-order valence-electron chi connectivity index (χ3n) is 3.18. The molecule has 0 spiro atoms. The van der Waals surface area contributed by atoms with Gasteiger partial charge >= 0.3 is 0 Å². The maximum atomic E-state index is 9.36. The van der Waals surface area contributed by atoms with Gasteiger partial charge in [-0.1, -0.05) is 0 Å². The van der Waals surface area contributed by atoms with E-state index in [1.54, 1.807) is 0 Å². The van der Waals surface area contributed by atoms with Crippen LogP contribution in [0.5, 0.6) is 0 Å². The van der Waals surface area contributed by atoms with Crippen LogP contribution in [0.4, 0.5) is 0 Å². The summed E-state index contributed by atoms with van der Waals surface area (Å²) in [5, 5.41) is 12.7. The van der Waals surface area contributed by atoms with Crippen LogP contribution in [0.25, 0.3) is 0 Å². The molecular formula is C12H19N3O. The molecule has 0 bridgehead atoms. The minimum absolute atomic E-state index is 0.211. The highest BCUT2D eigenvalue weighted by Crippen LogP contribution is 2.14. The lowest BCUT2D eigenvalue weighted by Crippen LogP contribution is -2.57. The zero-order valence-corrected chi connectivity index (χ0v) is 9.63. The molecule has 1 aromatic heterocycles. The molecule has 0 aromatic carbocycles. The molecule has 1 fully saturated rings. The molecule has 0 amide bonds. The molecule has 1 aromatic rings. The van der Waals surface area contributed by atoms with E-state index in [1.807, 2.05) is 24.5 Å². The molecule has 0 saturated carbocycles. The number of aromatic nitrogens is 1. The van der Waals surface area contributed by atoms with Gasteiger partial charge in [-0.25, -0.2) is 0 Å². The number of rotatable bonds is 3. The van der Waals surface area contributed by atoms with Crippen molar-refractivity contribution in [2.45, 2.75) is 25.6 Å². The van der Waals surface area contributed by atoms with Crippen LogP contribution >= 0.6 is 0 Å². The van der Waals surface area contributed by atoms with Gasteiger partial charge in [0.15, 0.2) is 0 Å². The number of nitrogens with one attached hydrogen (secondary N) is 1. The van der Waals surface area contributed by atoms with Gasteiger partial charge < -0.3 is 10.4 Å². The van der Waals surface area contributed by atoms with Crippen molar-refractivity contribution < 1.29 is 5.11 Å². The average Bonchev–Trinajstić information content (AvgIpc) is 2.33. The van der Waals surface area contributed by atoms with Crippen molar-refractivity contribution >= 4 is 0 Å². The van der Waals surface area contributed by atoms with Crippen LogP contribution < -0.4 is 5.32 Å². The molecule has 16 heavy (non-hydrogen) atoms. The molecular weight excluding hydrogens is 202 g/mol. The lowest BCUT2D eigenvalue weighted by Gasteiger charge is -2.40. The zero-order chi connectivity index (χ0) is 11.4. The zero-order valence-electron chi connectivity index (χ0n) is 9.63. The van der Waals surface area contributed by atoms with Gasteiger partial charge in [-0.3, -0.25) is 9.88 Å². The van der Waals surface area contributed by atoms with Crippen LogP contribution in [0.1, 0.15) is 12.5 Å². The normalized spacial score (nSPS) is 26.9. The summed E-state index contributed by atoms with van der Waals surface area (Å²) in [5.41, 5.74) is 1.25. The summed E-state index contributed by atoms with van der Waals surface area (Å²) in [7, 11) is 0. The number of hydrogen-bond acceptors (Lipinski definition) is 4. The van der Waals surface area contributed by atoms with E-state index in [9.17, 15) is 5.11 Å². The summed E-state index contributed by atoms with van der Waals surface area (Å²) >= 11 is 0. The van der Waals surface area contributed by atoms with Crippen molar-refractivity contribution in [1.29, 1.82) is 0 Å². The molecule has 2 N–H and O–H groups in total. The largest absolute Gasteiger partial charge is 0.395 e. The van der Waals surface area contributed by atoms with Gasteiger partial charge in [-0.05, 0) is 24.6 Å². The Kier molecular flexibility index (Phi) is 3.88. The van der Waals surface area contributed by atoms with Gasteiger partial charge in [-0.15, -0.1) is 0 Å². The number of hydrogen-bond donors (Lipinski definition) is 2. The fraction of sp³-hybridized carbons (Fsp3) is 0.583. The van der Waals surface area contributed by atoms with Crippen LogP contribution in [0.3, 0.4) is 0 Å². The Labute approximate surface area is 96.3 Å². The van der Waals surface area contributed by atoms with Gasteiger partial charge in [0.05, 0.1) is 6.61 Å². The maximum Gasteiger partial charge on any atom is 0.0599 e. The first-order chi connectivity index (χ1) is 7.81. The van der Waals surface area contributed by atoms with E-state index in [2.05, 4.69) is 22.1 Å². The highest BCUT2D eigenvalue weighted by atomic mass is 16.3.